The van der Waals surface area contributed by atoms with Crippen molar-refractivity contribution in [1.82, 2.24) is 10.2 Å². The minimum Gasteiger partial charge on any atom is -0.481 e. The fraction of sp³-hybridized carbons (Fsp3) is 0.786. The lowest BCUT2D eigenvalue weighted by Crippen LogP contribution is -2.48. The van der Waals surface area contributed by atoms with Gasteiger partial charge in [-0.25, -0.2) is 0 Å². The molecule has 1 saturated heterocycles. The Kier molecular flexibility index (Phi) is 7.56. The predicted molar refractivity (Wildman–Crippen MR) is 81.9 cm³/mol. The highest BCUT2D eigenvalue weighted by Gasteiger charge is 2.34. The molecule has 0 aromatic rings. The van der Waals surface area contributed by atoms with Crippen LogP contribution in [0.1, 0.15) is 39.5 Å². The first kappa shape index (κ1) is 17.8. The second-order valence-electron chi connectivity index (χ2n) is 5.43. The van der Waals surface area contributed by atoms with Gasteiger partial charge in [-0.15, -0.1) is 11.8 Å². The number of rotatable bonds is 8. The maximum absolute atomic E-state index is 12.2. The van der Waals surface area contributed by atoms with E-state index in [9.17, 15) is 14.4 Å². The number of amides is 2. The second kappa shape index (κ2) is 8.92. The van der Waals surface area contributed by atoms with Gasteiger partial charge in [0.2, 0.25) is 11.8 Å². The van der Waals surface area contributed by atoms with Crippen molar-refractivity contribution in [2.75, 3.05) is 18.2 Å². The van der Waals surface area contributed by atoms with Gasteiger partial charge in [0, 0.05) is 25.1 Å². The zero-order chi connectivity index (χ0) is 15.8. The average Bonchev–Trinajstić information content (AvgIpc) is 2.90. The van der Waals surface area contributed by atoms with E-state index in [1.807, 2.05) is 6.92 Å². The van der Waals surface area contributed by atoms with Gasteiger partial charge >= 0.3 is 5.97 Å². The minimum absolute atomic E-state index is 0.0266. The van der Waals surface area contributed by atoms with Crippen LogP contribution in [0.15, 0.2) is 0 Å². The van der Waals surface area contributed by atoms with Gasteiger partial charge in [0.25, 0.3) is 0 Å². The lowest BCUT2D eigenvalue weighted by atomic mass is 10.1. The molecule has 0 bridgehead atoms. The summed E-state index contributed by atoms with van der Waals surface area (Å²) >= 11 is 1.58. The normalized spacial score (nSPS) is 19.3. The van der Waals surface area contributed by atoms with Gasteiger partial charge < -0.3 is 15.3 Å². The van der Waals surface area contributed by atoms with Crippen LogP contribution < -0.4 is 5.32 Å². The molecular weight excluding hydrogens is 292 g/mol. The van der Waals surface area contributed by atoms with Gasteiger partial charge in [0.1, 0.15) is 6.04 Å². The first-order valence-corrected chi connectivity index (χ1v) is 8.47. The molecule has 0 spiro atoms. The summed E-state index contributed by atoms with van der Waals surface area (Å²) in [4.78, 5) is 36.4. The van der Waals surface area contributed by atoms with E-state index in [0.717, 1.165) is 12.8 Å². The van der Waals surface area contributed by atoms with Crippen LogP contribution in [0.5, 0.6) is 0 Å². The number of carboxylic acid groups (broad SMARTS) is 1. The summed E-state index contributed by atoms with van der Waals surface area (Å²) in [6, 6.07) is -0.420. The first-order chi connectivity index (χ1) is 9.95. The molecule has 1 aliphatic heterocycles. The molecule has 6 nitrogen and oxygen atoms in total. The Morgan fingerprint density at radius 1 is 1.43 bits per heavy atom. The smallest absolute Gasteiger partial charge is 0.303 e. The van der Waals surface area contributed by atoms with Crippen molar-refractivity contribution >= 4 is 29.5 Å². The third-order valence-electron chi connectivity index (χ3n) is 3.40. The molecule has 1 fully saturated rings. The van der Waals surface area contributed by atoms with E-state index in [1.54, 1.807) is 23.6 Å². The molecule has 0 aromatic heterocycles. The highest BCUT2D eigenvalue weighted by Crippen LogP contribution is 2.22. The molecule has 2 amide bonds. The summed E-state index contributed by atoms with van der Waals surface area (Å²) in [5.74, 6) is 0.0273. The van der Waals surface area contributed by atoms with Crippen molar-refractivity contribution in [1.29, 1.82) is 0 Å². The number of carboxylic acids is 1. The lowest BCUT2D eigenvalue weighted by molar-refractivity contribution is -0.138. The van der Waals surface area contributed by atoms with E-state index in [4.69, 9.17) is 5.11 Å². The van der Waals surface area contributed by atoms with Crippen LogP contribution in [0.25, 0.3) is 0 Å². The fourth-order valence-electron chi connectivity index (χ4n) is 2.14. The Balaban J connectivity index is 2.44. The largest absolute Gasteiger partial charge is 0.481 e. The highest BCUT2D eigenvalue weighted by molar-refractivity contribution is 7.99. The Morgan fingerprint density at radius 3 is 2.76 bits per heavy atom. The topological polar surface area (TPSA) is 86.7 Å². The zero-order valence-corrected chi connectivity index (χ0v) is 13.4. The molecule has 1 heterocycles. The number of aliphatic carboxylic acids is 1. The van der Waals surface area contributed by atoms with Crippen molar-refractivity contribution < 1.29 is 19.5 Å². The van der Waals surface area contributed by atoms with Gasteiger partial charge in [0.15, 0.2) is 0 Å². The maximum atomic E-state index is 12.2. The standard InChI is InChI=1S/C14H24N2O4S/c1-3-4-5-12(17)16-9-21-8-11(16)14(20)15-7-10(2)6-13(18)19/h10-11H,3-9H2,1-2H3,(H,15,20)(H,18,19). The van der Waals surface area contributed by atoms with Crippen LogP contribution in [-0.4, -0.2) is 52.0 Å². The monoisotopic (exact) mass is 316 g/mol. The molecule has 120 valence electrons. The fourth-order valence-corrected chi connectivity index (χ4v) is 3.32. The molecule has 7 heteroatoms. The average molecular weight is 316 g/mol. The molecule has 0 saturated carbocycles. The van der Waals surface area contributed by atoms with Crippen LogP contribution in [-0.2, 0) is 14.4 Å². The second-order valence-corrected chi connectivity index (χ2v) is 6.43. The Bertz CT molecular complexity index is 389. The van der Waals surface area contributed by atoms with Crippen LogP contribution in [0, 0.1) is 5.92 Å². The third kappa shape index (κ3) is 5.95. The lowest BCUT2D eigenvalue weighted by Gasteiger charge is -2.23. The van der Waals surface area contributed by atoms with Crippen molar-refractivity contribution in [3.63, 3.8) is 0 Å². The van der Waals surface area contributed by atoms with E-state index in [-0.39, 0.29) is 24.2 Å². The van der Waals surface area contributed by atoms with Gasteiger partial charge in [-0.05, 0) is 12.3 Å². The Hall–Kier alpha value is -1.24. The quantitative estimate of drug-likeness (QED) is 0.705. The van der Waals surface area contributed by atoms with Gasteiger partial charge in [-0.1, -0.05) is 20.3 Å². The molecule has 2 atom stereocenters. The third-order valence-corrected chi connectivity index (χ3v) is 4.41. The van der Waals surface area contributed by atoms with Crippen molar-refractivity contribution in [2.24, 2.45) is 5.92 Å². The number of carbonyl (C=O) groups is 3. The Morgan fingerprint density at radius 2 is 2.14 bits per heavy atom. The predicted octanol–water partition coefficient (Wildman–Crippen LogP) is 1.31. The molecule has 0 aliphatic carbocycles. The van der Waals surface area contributed by atoms with Crippen molar-refractivity contribution in [3.05, 3.63) is 0 Å². The van der Waals surface area contributed by atoms with Gasteiger partial charge in [-0.3, -0.25) is 14.4 Å². The Labute approximate surface area is 129 Å². The molecule has 2 unspecified atom stereocenters. The van der Waals surface area contributed by atoms with Gasteiger partial charge in [-0.2, -0.15) is 0 Å². The van der Waals surface area contributed by atoms with Crippen molar-refractivity contribution in [2.45, 2.75) is 45.6 Å². The molecule has 1 aliphatic rings. The van der Waals surface area contributed by atoms with E-state index in [1.165, 1.54) is 0 Å². The van der Waals surface area contributed by atoms with Crippen LogP contribution in [0.4, 0.5) is 0 Å². The maximum Gasteiger partial charge on any atom is 0.303 e. The van der Waals surface area contributed by atoms with E-state index < -0.39 is 12.0 Å². The number of hydrogen-bond acceptors (Lipinski definition) is 4. The van der Waals surface area contributed by atoms with E-state index >= 15 is 0 Å². The number of thioether (sulfide) groups is 1. The number of carbonyl (C=O) groups excluding carboxylic acids is 2. The van der Waals surface area contributed by atoms with Crippen LogP contribution >= 0.6 is 11.8 Å². The molecule has 2 N–H and O–H groups in total. The highest BCUT2D eigenvalue weighted by atomic mass is 32.2. The van der Waals surface area contributed by atoms with E-state index in [0.29, 0.717) is 24.6 Å². The summed E-state index contributed by atoms with van der Waals surface area (Å²) in [5.41, 5.74) is 0. The zero-order valence-electron chi connectivity index (χ0n) is 12.6. The molecule has 0 aromatic carbocycles. The number of nitrogens with zero attached hydrogens (tertiary/aromatic N) is 1. The summed E-state index contributed by atoms with van der Waals surface area (Å²) in [5, 5.41) is 11.5. The summed E-state index contributed by atoms with van der Waals surface area (Å²) in [7, 11) is 0. The van der Waals surface area contributed by atoms with Crippen LogP contribution in [0.2, 0.25) is 0 Å². The summed E-state index contributed by atoms with van der Waals surface area (Å²) in [6.45, 7) is 4.13. The molecule has 1 rings (SSSR count). The van der Waals surface area contributed by atoms with Crippen molar-refractivity contribution in [3.8, 4) is 0 Å². The number of unbranched alkanes of at least 4 members (excludes halogenated alkanes) is 1. The summed E-state index contributed by atoms with van der Waals surface area (Å²) in [6.07, 6.45) is 2.30. The number of nitrogens with one attached hydrogen (secondary N) is 1. The minimum atomic E-state index is -0.871. The first-order valence-electron chi connectivity index (χ1n) is 7.32. The SMILES string of the molecule is CCCCC(=O)N1CSCC1C(=O)NCC(C)CC(=O)O. The van der Waals surface area contributed by atoms with Gasteiger partial charge in [0.05, 0.1) is 5.88 Å². The van der Waals surface area contributed by atoms with Crippen LogP contribution in [0.3, 0.4) is 0 Å². The molecule has 0 radical (unpaired) electrons. The van der Waals surface area contributed by atoms with E-state index in [2.05, 4.69) is 5.32 Å². The summed E-state index contributed by atoms with van der Waals surface area (Å²) < 4.78 is 0. The molecular formula is C14H24N2O4S. The molecule has 21 heavy (non-hydrogen) atoms. The number of hydrogen-bond donors (Lipinski definition) is 2.